The molecule has 2 aromatic rings. The van der Waals surface area contributed by atoms with Crippen molar-refractivity contribution in [2.45, 2.75) is 39.7 Å². The lowest BCUT2D eigenvalue weighted by molar-refractivity contribution is 0.0526. The number of thiophene rings is 1. The maximum atomic E-state index is 12.4. The van der Waals surface area contributed by atoms with E-state index in [2.05, 4.69) is 12.2 Å². The zero-order valence-corrected chi connectivity index (χ0v) is 15.9. The molecule has 0 saturated heterocycles. The summed E-state index contributed by atoms with van der Waals surface area (Å²) in [5.41, 5.74) is 2.42. The number of benzene rings is 1. The monoisotopic (exact) mass is 373 g/mol. The molecule has 3 rings (SSSR count). The largest absolute Gasteiger partial charge is 0.462 e. The highest BCUT2D eigenvalue weighted by molar-refractivity contribution is 7.17. The number of rotatable bonds is 5. The zero-order valence-electron chi connectivity index (χ0n) is 15.0. The van der Waals surface area contributed by atoms with Crippen LogP contribution in [0.1, 0.15) is 46.6 Å². The molecule has 1 aliphatic carbocycles. The Morgan fingerprint density at radius 2 is 2.00 bits per heavy atom. The van der Waals surface area contributed by atoms with Crippen molar-refractivity contribution in [3.63, 3.8) is 0 Å². The van der Waals surface area contributed by atoms with E-state index in [1.165, 1.54) is 11.3 Å². The van der Waals surface area contributed by atoms with E-state index in [1.807, 2.05) is 30.3 Å². The van der Waals surface area contributed by atoms with Crippen LogP contribution in [-0.2, 0) is 28.9 Å². The molecule has 1 heterocycles. The highest BCUT2D eigenvalue weighted by Gasteiger charge is 2.29. The minimum Gasteiger partial charge on any atom is -0.462 e. The van der Waals surface area contributed by atoms with Gasteiger partial charge in [-0.1, -0.05) is 37.3 Å². The second kappa shape index (κ2) is 8.36. The van der Waals surface area contributed by atoms with E-state index >= 15 is 0 Å². The molecule has 1 amide bonds. The highest BCUT2D eigenvalue weighted by Crippen LogP contribution is 2.40. The van der Waals surface area contributed by atoms with E-state index in [-0.39, 0.29) is 12.6 Å². The predicted octanol–water partition coefficient (Wildman–Crippen LogP) is 4.80. The van der Waals surface area contributed by atoms with Gasteiger partial charge in [0, 0.05) is 4.88 Å². The first kappa shape index (κ1) is 18.5. The second-order valence-corrected chi connectivity index (χ2v) is 7.57. The summed E-state index contributed by atoms with van der Waals surface area (Å²) in [4.78, 5) is 25.8. The molecule has 0 saturated carbocycles. The molecular weight excluding hydrogens is 350 g/mol. The molecule has 5 nitrogen and oxygen atoms in total. The van der Waals surface area contributed by atoms with Crippen LogP contribution in [0.4, 0.5) is 9.80 Å². The number of nitrogens with one attached hydrogen (secondary N) is 1. The van der Waals surface area contributed by atoms with Gasteiger partial charge in [-0.2, -0.15) is 0 Å². The van der Waals surface area contributed by atoms with E-state index in [9.17, 15) is 9.59 Å². The van der Waals surface area contributed by atoms with Crippen molar-refractivity contribution in [3.8, 4) is 0 Å². The SMILES string of the molecule is CCOC(=O)c1c(NC(=O)OCc2ccccc2)sc2c1CC[C@H](C)C2. The molecule has 26 heavy (non-hydrogen) atoms. The third kappa shape index (κ3) is 4.25. The topological polar surface area (TPSA) is 64.6 Å². The summed E-state index contributed by atoms with van der Waals surface area (Å²) in [6.07, 6.45) is 2.23. The standard InChI is InChI=1S/C20H23NO4S/c1-3-24-19(22)17-15-10-9-13(2)11-16(15)26-18(17)21-20(23)25-12-14-7-5-4-6-8-14/h4-8,13H,3,9-12H2,1-2H3,(H,21,23)/t13-/m0/s1. The average molecular weight is 373 g/mol. The Hall–Kier alpha value is -2.34. The zero-order chi connectivity index (χ0) is 18.5. The number of carbonyl (C=O) groups is 2. The van der Waals surface area contributed by atoms with E-state index < -0.39 is 6.09 Å². The molecule has 0 aliphatic heterocycles. The third-order valence-corrected chi connectivity index (χ3v) is 5.59. The van der Waals surface area contributed by atoms with E-state index in [0.717, 1.165) is 35.3 Å². The number of amides is 1. The summed E-state index contributed by atoms with van der Waals surface area (Å²) in [5.74, 6) is 0.201. The third-order valence-electron chi connectivity index (χ3n) is 4.42. The van der Waals surface area contributed by atoms with Crippen molar-refractivity contribution >= 4 is 28.4 Å². The molecule has 0 spiro atoms. The van der Waals surface area contributed by atoms with Crippen LogP contribution in [0.15, 0.2) is 30.3 Å². The highest BCUT2D eigenvalue weighted by atomic mass is 32.1. The van der Waals surface area contributed by atoms with E-state index in [4.69, 9.17) is 9.47 Å². The molecule has 6 heteroatoms. The van der Waals surface area contributed by atoms with Crippen LogP contribution >= 0.6 is 11.3 Å². The number of ether oxygens (including phenoxy) is 2. The van der Waals surface area contributed by atoms with E-state index in [1.54, 1.807) is 6.92 Å². The van der Waals surface area contributed by atoms with Crippen LogP contribution < -0.4 is 5.32 Å². The van der Waals surface area contributed by atoms with Gasteiger partial charge in [0.2, 0.25) is 0 Å². The predicted molar refractivity (Wildman–Crippen MR) is 102 cm³/mol. The number of hydrogen-bond donors (Lipinski definition) is 1. The summed E-state index contributed by atoms with van der Waals surface area (Å²) in [7, 11) is 0. The van der Waals surface area contributed by atoms with Crippen LogP contribution in [0.5, 0.6) is 0 Å². The lowest BCUT2D eigenvalue weighted by atomic mass is 9.88. The van der Waals surface area contributed by atoms with Crippen LogP contribution in [0, 0.1) is 5.92 Å². The molecule has 138 valence electrons. The molecular formula is C20H23NO4S. The van der Waals surface area contributed by atoms with E-state index in [0.29, 0.717) is 23.1 Å². The van der Waals surface area contributed by atoms with Gasteiger partial charge in [-0.05, 0) is 43.2 Å². The molecule has 0 unspecified atom stereocenters. The van der Waals surface area contributed by atoms with Gasteiger partial charge in [-0.25, -0.2) is 9.59 Å². The van der Waals surface area contributed by atoms with Crippen molar-refractivity contribution in [2.75, 3.05) is 11.9 Å². The summed E-state index contributed by atoms with van der Waals surface area (Å²) in [6.45, 7) is 4.47. The van der Waals surface area contributed by atoms with Gasteiger partial charge in [0.1, 0.15) is 11.6 Å². The van der Waals surface area contributed by atoms with Crippen molar-refractivity contribution < 1.29 is 19.1 Å². The van der Waals surface area contributed by atoms with Crippen LogP contribution in [0.25, 0.3) is 0 Å². The van der Waals surface area contributed by atoms with Crippen LogP contribution in [-0.4, -0.2) is 18.7 Å². The number of fused-ring (bicyclic) bond motifs is 1. The number of esters is 1. The Kier molecular flexibility index (Phi) is 5.93. The van der Waals surface area contributed by atoms with Gasteiger partial charge >= 0.3 is 12.1 Å². The molecule has 0 bridgehead atoms. The van der Waals surface area contributed by atoms with Crippen LogP contribution in [0.3, 0.4) is 0 Å². The Morgan fingerprint density at radius 1 is 1.23 bits per heavy atom. The number of anilines is 1. The van der Waals surface area contributed by atoms with Gasteiger partial charge < -0.3 is 9.47 Å². The Morgan fingerprint density at radius 3 is 2.73 bits per heavy atom. The fraction of sp³-hybridized carbons (Fsp3) is 0.400. The lowest BCUT2D eigenvalue weighted by Crippen LogP contribution is -2.17. The Balaban J connectivity index is 1.75. The number of carbonyl (C=O) groups excluding carboxylic acids is 2. The van der Waals surface area contributed by atoms with Gasteiger partial charge in [0.25, 0.3) is 0 Å². The quantitative estimate of drug-likeness (QED) is 0.765. The van der Waals surface area contributed by atoms with Gasteiger partial charge in [-0.3, -0.25) is 5.32 Å². The first-order valence-electron chi connectivity index (χ1n) is 8.87. The van der Waals surface area contributed by atoms with Crippen molar-refractivity contribution in [3.05, 3.63) is 51.9 Å². The minimum atomic E-state index is -0.564. The molecule has 0 fully saturated rings. The molecule has 1 N–H and O–H groups in total. The fourth-order valence-electron chi connectivity index (χ4n) is 3.11. The molecule has 1 aromatic carbocycles. The summed E-state index contributed by atoms with van der Waals surface area (Å²) in [6, 6.07) is 9.48. The first-order chi connectivity index (χ1) is 12.6. The molecule has 1 aliphatic rings. The minimum absolute atomic E-state index is 0.184. The van der Waals surface area contributed by atoms with Crippen molar-refractivity contribution in [2.24, 2.45) is 5.92 Å². The summed E-state index contributed by atoms with van der Waals surface area (Å²) < 4.78 is 10.5. The normalized spacial score (nSPS) is 15.8. The maximum Gasteiger partial charge on any atom is 0.412 e. The van der Waals surface area contributed by atoms with Gasteiger partial charge in [0.05, 0.1) is 12.2 Å². The molecule has 0 radical (unpaired) electrons. The van der Waals surface area contributed by atoms with Gasteiger partial charge in [0.15, 0.2) is 0 Å². The second-order valence-electron chi connectivity index (χ2n) is 6.46. The molecule has 1 atom stereocenters. The number of hydrogen-bond acceptors (Lipinski definition) is 5. The maximum absolute atomic E-state index is 12.4. The fourth-order valence-corrected chi connectivity index (χ4v) is 4.49. The summed E-state index contributed by atoms with van der Waals surface area (Å²) >= 11 is 1.46. The smallest absolute Gasteiger partial charge is 0.412 e. The van der Waals surface area contributed by atoms with Crippen molar-refractivity contribution in [1.29, 1.82) is 0 Å². The Bertz CT molecular complexity index is 785. The van der Waals surface area contributed by atoms with Crippen molar-refractivity contribution in [1.82, 2.24) is 0 Å². The average Bonchev–Trinajstić information content (AvgIpc) is 2.98. The van der Waals surface area contributed by atoms with Gasteiger partial charge in [-0.15, -0.1) is 11.3 Å². The molecule has 1 aromatic heterocycles. The van der Waals surface area contributed by atoms with Crippen LogP contribution in [0.2, 0.25) is 0 Å². The Labute approximate surface area is 157 Å². The first-order valence-corrected chi connectivity index (χ1v) is 9.69. The lowest BCUT2D eigenvalue weighted by Gasteiger charge is -2.18. The summed E-state index contributed by atoms with van der Waals surface area (Å²) in [5, 5.41) is 3.28.